The highest BCUT2D eigenvalue weighted by molar-refractivity contribution is 6.42. The van der Waals surface area contributed by atoms with E-state index in [9.17, 15) is 9.59 Å². The summed E-state index contributed by atoms with van der Waals surface area (Å²) in [5, 5.41) is 3.74. The topological polar surface area (TPSA) is 58.6 Å². The van der Waals surface area contributed by atoms with Gasteiger partial charge in [-0.25, -0.2) is 4.79 Å². The summed E-state index contributed by atoms with van der Waals surface area (Å²) in [7, 11) is 0. The van der Waals surface area contributed by atoms with Gasteiger partial charge in [0, 0.05) is 18.8 Å². The summed E-state index contributed by atoms with van der Waals surface area (Å²) in [5.74, 6) is -0.213. The van der Waals surface area contributed by atoms with Gasteiger partial charge in [-0.15, -0.1) is 0 Å². The molecule has 0 fully saturated rings. The third kappa shape index (κ3) is 5.64. The Kier molecular flexibility index (Phi) is 7.21. The quantitative estimate of drug-likeness (QED) is 0.526. The van der Waals surface area contributed by atoms with Gasteiger partial charge in [0.25, 0.3) is 5.91 Å². The maximum atomic E-state index is 13.3. The maximum Gasteiger partial charge on any atom is 0.410 e. The molecule has 1 aliphatic rings. The summed E-state index contributed by atoms with van der Waals surface area (Å²) in [4.78, 5) is 27.4. The molecule has 5 nitrogen and oxygen atoms in total. The van der Waals surface area contributed by atoms with Crippen LogP contribution >= 0.6 is 23.2 Å². The average Bonchev–Trinajstić information content (AvgIpc) is 2.71. The average molecular weight is 475 g/mol. The zero-order valence-corrected chi connectivity index (χ0v) is 20.5. The first kappa shape index (κ1) is 24.1. The number of aryl methyl sites for hydroxylation is 2. The number of benzene rings is 2. The second-order valence-electron chi connectivity index (χ2n) is 8.94. The number of anilines is 1. The van der Waals surface area contributed by atoms with Gasteiger partial charge < -0.3 is 15.0 Å². The molecular weight excluding hydrogens is 447 g/mol. The van der Waals surface area contributed by atoms with E-state index >= 15 is 0 Å². The normalized spacial score (nSPS) is 14.1. The van der Waals surface area contributed by atoms with E-state index < -0.39 is 5.60 Å². The molecule has 1 N–H and O–H groups in total. The van der Waals surface area contributed by atoms with Crippen LogP contribution in [0.1, 0.15) is 54.2 Å². The van der Waals surface area contributed by atoms with Crippen molar-refractivity contribution in [1.29, 1.82) is 0 Å². The molecule has 0 atom stereocenters. The molecule has 0 radical (unpaired) electrons. The van der Waals surface area contributed by atoms with Crippen LogP contribution in [0.2, 0.25) is 10.0 Å². The Bertz CT molecular complexity index is 1090. The van der Waals surface area contributed by atoms with Crippen molar-refractivity contribution in [1.82, 2.24) is 4.90 Å². The lowest BCUT2D eigenvalue weighted by atomic mass is 9.88. The zero-order chi connectivity index (χ0) is 23.6. The van der Waals surface area contributed by atoms with E-state index in [2.05, 4.69) is 5.32 Å². The summed E-state index contributed by atoms with van der Waals surface area (Å²) < 4.78 is 5.48. The van der Waals surface area contributed by atoms with Crippen molar-refractivity contribution in [3.63, 3.8) is 0 Å². The van der Waals surface area contributed by atoms with Crippen LogP contribution in [0.5, 0.6) is 0 Å². The molecule has 0 bridgehead atoms. The van der Waals surface area contributed by atoms with E-state index in [1.165, 1.54) is 0 Å². The van der Waals surface area contributed by atoms with E-state index in [1.807, 2.05) is 52.8 Å². The van der Waals surface area contributed by atoms with Crippen molar-refractivity contribution in [2.45, 2.75) is 46.6 Å². The Morgan fingerprint density at radius 2 is 1.72 bits per heavy atom. The van der Waals surface area contributed by atoms with E-state index in [1.54, 1.807) is 23.1 Å². The number of ether oxygens (including phenoxy) is 1. The van der Waals surface area contributed by atoms with Gasteiger partial charge in [-0.1, -0.05) is 41.4 Å². The number of amides is 2. The molecule has 0 saturated heterocycles. The molecule has 7 heteroatoms. The molecule has 0 aliphatic carbocycles. The van der Waals surface area contributed by atoms with Gasteiger partial charge >= 0.3 is 6.09 Å². The lowest BCUT2D eigenvalue weighted by molar-refractivity contribution is 0.0270. The predicted octanol–water partition coefficient (Wildman–Crippen LogP) is 6.89. The molecule has 2 amide bonds. The molecule has 2 aromatic carbocycles. The van der Waals surface area contributed by atoms with Gasteiger partial charge in [0.2, 0.25) is 0 Å². The molecule has 32 heavy (non-hydrogen) atoms. The molecule has 1 heterocycles. The fourth-order valence-electron chi connectivity index (χ4n) is 3.67. The van der Waals surface area contributed by atoms with Crippen LogP contribution in [0.3, 0.4) is 0 Å². The number of nitrogens with zero attached hydrogens (tertiary/aromatic N) is 1. The second kappa shape index (κ2) is 9.55. The highest BCUT2D eigenvalue weighted by Crippen LogP contribution is 2.32. The standard InChI is InChI=1S/C25H28Cl2N2O3/c1-15-6-7-16(2)22(23(30)28-18-8-9-19(26)20(27)14-18)21(15)17-10-12-29(13-11-17)24(31)32-25(3,4)5/h6-10,14H,11-13H2,1-5H3,(H,28,30). The Labute approximate surface area is 199 Å². The molecule has 2 aromatic rings. The van der Waals surface area contributed by atoms with Gasteiger partial charge in [0.05, 0.1) is 15.6 Å². The van der Waals surface area contributed by atoms with Gasteiger partial charge in [-0.2, -0.15) is 0 Å². The van der Waals surface area contributed by atoms with Crippen LogP contribution in [0.25, 0.3) is 5.57 Å². The van der Waals surface area contributed by atoms with Crippen LogP contribution < -0.4 is 5.32 Å². The number of carbonyl (C=O) groups is 2. The summed E-state index contributed by atoms with van der Waals surface area (Å²) >= 11 is 12.1. The monoisotopic (exact) mass is 474 g/mol. The minimum absolute atomic E-state index is 0.213. The van der Waals surface area contributed by atoms with Crippen LogP contribution in [0, 0.1) is 13.8 Å². The Morgan fingerprint density at radius 1 is 1.03 bits per heavy atom. The third-order valence-electron chi connectivity index (χ3n) is 5.21. The number of rotatable bonds is 3. The molecule has 3 rings (SSSR count). The zero-order valence-electron chi connectivity index (χ0n) is 19.0. The van der Waals surface area contributed by atoms with Crippen molar-refractivity contribution in [2.75, 3.05) is 18.4 Å². The van der Waals surface area contributed by atoms with Crippen molar-refractivity contribution < 1.29 is 14.3 Å². The number of carbonyl (C=O) groups excluding carboxylic acids is 2. The number of halogens is 2. The van der Waals surface area contributed by atoms with Gasteiger partial charge in [0.15, 0.2) is 0 Å². The van der Waals surface area contributed by atoms with Gasteiger partial charge in [-0.05, 0) is 81.5 Å². The smallest absolute Gasteiger partial charge is 0.410 e. The Morgan fingerprint density at radius 3 is 2.31 bits per heavy atom. The second-order valence-corrected chi connectivity index (χ2v) is 9.75. The van der Waals surface area contributed by atoms with E-state index in [0.29, 0.717) is 40.8 Å². The first-order valence-electron chi connectivity index (χ1n) is 10.5. The first-order chi connectivity index (χ1) is 15.0. The minimum atomic E-state index is -0.538. The molecule has 0 aromatic heterocycles. The number of hydrogen-bond acceptors (Lipinski definition) is 3. The summed E-state index contributed by atoms with van der Waals surface area (Å²) in [5.41, 5.74) is 4.49. The summed E-state index contributed by atoms with van der Waals surface area (Å²) in [6.07, 6.45) is 2.31. The van der Waals surface area contributed by atoms with Crippen molar-refractivity contribution in [3.8, 4) is 0 Å². The largest absolute Gasteiger partial charge is 0.444 e. The van der Waals surface area contributed by atoms with Crippen molar-refractivity contribution in [2.24, 2.45) is 0 Å². The minimum Gasteiger partial charge on any atom is -0.444 e. The number of nitrogens with one attached hydrogen (secondary N) is 1. The SMILES string of the molecule is Cc1ccc(C)c(C2=CCN(C(=O)OC(C)(C)C)CC2)c1C(=O)Nc1ccc(Cl)c(Cl)c1. The lowest BCUT2D eigenvalue weighted by Gasteiger charge is -2.30. The molecular formula is C25H28Cl2N2O3. The fourth-order valence-corrected chi connectivity index (χ4v) is 3.97. The Balaban J connectivity index is 1.88. The molecule has 1 aliphatic heterocycles. The first-order valence-corrected chi connectivity index (χ1v) is 11.3. The highest BCUT2D eigenvalue weighted by atomic mass is 35.5. The summed E-state index contributed by atoms with van der Waals surface area (Å²) in [6.45, 7) is 10.4. The predicted molar refractivity (Wildman–Crippen MR) is 131 cm³/mol. The fraction of sp³-hybridized carbons (Fsp3) is 0.360. The van der Waals surface area contributed by atoms with E-state index in [-0.39, 0.29) is 12.0 Å². The van der Waals surface area contributed by atoms with Crippen LogP contribution in [0.15, 0.2) is 36.4 Å². The van der Waals surface area contributed by atoms with Crippen molar-refractivity contribution >= 4 is 46.5 Å². The van der Waals surface area contributed by atoms with Gasteiger partial charge in [0.1, 0.15) is 5.60 Å². The summed E-state index contributed by atoms with van der Waals surface area (Å²) in [6, 6.07) is 8.96. The maximum absolute atomic E-state index is 13.3. The van der Waals surface area contributed by atoms with Crippen LogP contribution in [-0.4, -0.2) is 35.6 Å². The molecule has 0 saturated carbocycles. The van der Waals surface area contributed by atoms with Crippen LogP contribution in [0.4, 0.5) is 10.5 Å². The van der Waals surface area contributed by atoms with E-state index in [0.717, 1.165) is 22.3 Å². The number of hydrogen-bond donors (Lipinski definition) is 1. The van der Waals surface area contributed by atoms with Crippen LogP contribution in [-0.2, 0) is 4.74 Å². The van der Waals surface area contributed by atoms with E-state index in [4.69, 9.17) is 27.9 Å². The lowest BCUT2D eigenvalue weighted by Crippen LogP contribution is -2.39. The molecule has 170 valence electrons. The molecule has 0 unspecified atom stereocenters. The Hall–Kier alpha value is -2.50. The third-order valence-corrected chi connectivity index (χ3v) is 5.95. The van der Waals surface area contributed by atoms with Crippen molar-refractivity contribution in [3.05, 3.63) is 68.7 Å². The molecule has 0 spiro atoms. The highest BCUT2D eigenvalue weighted by Gasteiger charge is 2.26. The van der Waals surface area contributed by atoms with Gasteiger partial charge in [-0.3, -0.25) is 4.79 Å².